The standard InChI is InChI=1S/C15H21NS/c1-4-16-10-9-15(2,3)13-11-17-14-8-6-5-7-12(13)14/h5-8,11,16H,4,9-10H2,1-3H3. The molecule has 0 aliphatic rings. The second-order valence-electron chi connectivity index (χ2n) is 5.13. The van der Waals surface area contributed by atoms with Crippen LogP contribution in [0.1, 0.15) is 32.8 Å². The zero-order chi connectivity index (χ0) is 12.3. The third-order valence-electron chi connectivity index (χ3n) is 3.39. The average molecular weight is 247 g/mol. The van der Waals surface area contributed by atoms with Crippen molar-refractivity contribution in [1.82, 2.24) is 5.32 Å². The third kappa shape index (κ3) is 2.70. The molecular formula is C15H21NS. The van der Waals surface area contributed by atoms with Crippen molar-refractivity contribution in [3.8, 4) is 0 Å². The van der Waals surface area contributed by atoms with Crippen LogP contribution in [-0.2, 0) is 5.41 Å². The fourth-order valence-electron chi connectivity index (χ4n) is 2.21. The SMILES string of the molecule is CCNCCC(C)(C)c1csc2ccccc12. The van der Waals surface area contributed by atoms with Gasteiger partial charge in [-0.25, -0.2) is 0 Å². The molecule has 0 unspecified atom stereocenters. The quantitative estimate of drug-likeness (QED) is 0.782. The molecular weight excluding hydrogens is 226 g/mol. The first-order valence-corrected chi connectivity index (χ1v) is 7.20. The summed E-state index contributed by atoms with van der Waals surface area (Å²) in [5.74, 6) is 0. The topological polar surface area (TPSA) is 12.0 Å². The largest absolute Gasteiger partial charge is 0.317 e. The lowest BCUT2D eigenvalue weighted by Crippen LogP contribution is -2.25. The minimum Gasteiger partial charge on any atom is -0.317 e. The molecule has 92 valence electrons. The maximum atomic E-state index is 3.42. The van der Waals surface area contributed by atoms with Gasteiger partial charge in [-0.05, 0) is 47.3 Å². The van der Waals surface area contributed by atoms with E-state index in [1.807, 2.05) is 11.3 Å². The Morgan fingerprint density at radius 1 is 1.24 bits per heavy atom. The summed E-state index contributed by atoms with van der Waals surface area (Å²) in [7, 11) is 0. The van der Waals surface area contributed by atoms with Gasteiger partial charge < -0.3 is 5.32 Å². The van der Waals surface area contributed by atoms with Gasteiger partial charge in [0.1, 0.15) is 0 Å². The van der Waals surface area contributed by atoms with Crippen molar-refractivity contribution in [3.05, 3.63) is 35.2 Å². The van der Waals surface area contributed by atoms with Crippen molar-refractivity contribution in [2.75, 3.05) is 13.1 Å². The van der Waals surface area contributed by atoms with Crippen LogP contribution in [0.25, 0.3) is 10.1 Å². The van der Waals surface area contributed by atoms with E-state index in [4.69, 9.17) is 0 Å². The first kappa shape index (κ1) is 12.6. The van der Waals surface area contributed by atoms with E-state index in [2.05, 4.69) is 55.7 Å². The van der Waals surface area contributed by atoms with Gasteiger partial charge in [0.2, 0.25) is 0 Å². The van der Waals surface area contributed by atoms with Crippen molar-refractivity contribution >= 4 is 21.4 Å². The minimum atomic E-state index is 0.252. The summed E-state index contributed by atoms with van der Waals surface area (Å²) in [5, 5.41) is 7.18. The van der Waals surface area contributed by atoms with Crippen LogP contribution in [0.2, 0.25) is 0 Å². The van der Waals surface area contributed by atoms with E-state index >= 15 is 0 Å². The van der Waals surface area contributed by atoms with E-state index in [1.54, 1.807) is 0 Å². The summed E-state index contributed by atoms with van der Waals surface area (Å²) < 4.78 is 1.40. The van der Waals surface area contributed by atoms with Gasteiger partial charge in [-0.1, -0.05) is 39.0 Å². The highest BCUT2D eigenvalue weighted by Crippen LogP contribution is 2.36. The highest BCUT2D eigenvalue weighted by Gasteiger charge is 2.23. The lowest BCUT2D eigenvalue weighted by molar-refractivity contribution is 0.465. The number of benzene rings is 1. The van der Waals surface area contributed by atoms with Crippen LogP contribution in [0.3, 0.4) is 0 Å². The van der Waals surface area contributed by atoms with E-state index in [-0.39, 0.29) is 5.41 Å². The highest BCUT2D eigenvalue weighted by atomic mass is 32.1. The predicted molar refractivity (Wildman–Crippen MR) is 78.0 cm³/mol. The molecule has 0 spiro atoms. The second-order valence-corrected chi connectivity index (χ2v) is 6.04. The molecule has 0 atom stereocenters. The number of fused-ring (bicyclic) bond motifs is 1. The molecule has 1 aromatic carbocycles. The summed E-state index contributed by atoms with van der Waals surface area (Å²) in [4.78, 5) is 0. The molecule has 0 aliphatic carbocycles. The Bertz CT molecular complexity index is 484. The molecule has 0 aliphatic heterocycles. The molecule has 0 bridgehead atoms. The number of hydrogen-bond donors (Lipinski definition) is 1. The van der Waals surface area contributed by atoms with Crippen LogP contribution < -0.4 is 5.32 Å². The number of thiophene rings is 1. The number of hydrogen-bond acceptors (Lipinski definition) is 2. The van der Waals surface area contributed by atoms with Crippen molar-refractivity contribution in [1.29, 1.82) is 0 Å². The van der Waals surface area contributed by atoms with Gasteiger partial charge in [0.05, 0.1) is 0 Å². The molecule has 17 heavy (non-hydrogen) atoms. The number of nitrogens with one attached hydrogen (secondary N) is 1. The van der Waals surface area contributed by atoms with Crippen LogP contribution in [0.5, 0.6) is 0 Å². The monoisotopic (exact) mass is 247 g/mol. The van der Waals surface area contributed by atoms with Crippen LogP contribution in [0.4, 0.5) is 0 Å². The van der Waals surface area contributed by atoms with Gasteiger partial charge in [0, 0.05) is 4.70 Å². The van der Waals surface area contributed by atoms with Gasteiger partial charge >= 0.3 is 0 Å². The molecule has 1 heterocycles. The van der Waals surface area contributed by atoms with E-state index in [1.165, 1.54) is 22.1 Å². The molecule has 0 radical (unpaired) electrons. The Hall–Kier alpha value is -0.860. The lowest BCUT2D eigenvalue weighted by Gasteiger charge is -2.24. The molecule has 0 fully saturated rings. The number of rotatable bonds is 5. The Balaban J connectivity index is 2.25. The third-order valence-corrected chi connectivity index (χ3v) is 4.35. The fourth-order valence-corrected chi connectivity index (χ4v) is 3.37. The Morgan fingerprint density at radius 2 is 2.00 bits per heavy atom. The van der Waals surface area contributed by atoms with Gasteiger partial charge in [0.25, 0.3) is 0 Å². The van der Waals surface area contributed by atoms with E-state index in [0.717, 1.165) is 13.1 Å². The molecule has 2 heteroatoms. The van der Waals surface area contributed by atoms with Gasteiger partial charge in [-0.3, -0.25) is 0 Å². The van der Waals surface area contributed by atoms with E-state index in [0.29, 0.717) is 0 Å². The minimum absolute atomic E-state index is 0.252. The molecule has 1 N–H and O–H groups in total. The normalized spacial score (nSPS) is 12.2. The maximum Gasteiger partial charge on any atom is 0.0345 e. The smallest absolute Gasteiger partial charge is 0.0345 e. The van der Waals surface area contributed by atoms with Crippen molar-refractivity contribution in [2.24, 2.45) is 0 Å². The van der Waals surface area contributed by atoms with Crippen LogP contribution in [0, 0.1) is 0 Å². The summed E-state index contributed by atoms with van der Waals surface area (Å²) in [6, 6.07) is 8.72. The molecule has 1 aromatic heterocycles. The second kappa shape index (κ2) is 5.19. The first-order chi connectivity index (χ1) is 8.15. The lowest BCUT2D eigenvalue weighted by atomic mass is 9.81. The Kier molecular flexibility index (Phi) is 3.85. The molecule has 0 saturated carbocycles. The molecule has 2 rings (SSSR count). The Labute approximate surface area is 108 Å². The van der Waals surface area contributed by atoms with Crippen LogP contribution in [-0.4, -0.2) is 13.1 Å². The van der Waals surface area contributed by atoms with Crippen molar-refractivity contribution in [2.45, 2.75) is 32.6 Å². The average Bonchev–Trinajstić information content (AvgIpc) is 2.73. The predicted octanol–water partition coefficient (Wildman–Crippen LogP) is 4.18. The van der Waals surface area contributed by atoms with E-state index in [9.17, 15) is 0 Å². The van der Waals surface area contributed by atoms with E-state index < -0.39 is 0 Å². The van der Waals surface area contributed by atoms with Gasteiger partial charge in [0.15, 0.2) is 0 Å². The first-order valence-electron chi connectivity index (χ1n) is 6.32. The zero-order valence-electron chi connectivity index (χ0n) is 10.9. The van der Waals surface area contributed by atoms with Gasteiger partial charge in [-0.2, -0.15) is 0 Å². The fraction of sp³-hybridized carbons (Fsp3) is 0.467. The van der Waals surface area contributed by atoms with Crippen LogP contribution in [0.15, 0.2) is 29.6 Å². The molecule has 0 saturated heterocycles. The molecule has 0 amide bonds. The summed E-state index contributed by atoms with van der Waals surface area (Å²) in [6.45, 7) is 9.00. The zero-order valence-corrected chi connectivity index (χ0v) is 11.7. The van der Waals surface area contributed by atoms with Gasteiger partial charge in [-0.15, -0.1) is 11.3 Å². The summed E-state index contributed by atoms with van der Waals surface area (Å²) >= 11 is 1.86. The highest BCUT2D eigenvalue weighted by molar-refractivity contribution is 7.17. The summed E-state index contributed by atoms with van der Waals surface area (Å²) in [6.07, 6.45) is 1.18. The van der Waals surface area contributed by atoms with Crippen molar-refractivity contribution < 1.29 is 0 Å². The van der Waals surface area contributed by atoms with Crippen molar-refractivity contribution in [3.63, 3.8) is 0 Å². The maximum absolute atomic E-state index is 3.42. The van der Waals surface area contributed by atoms with Crippen LogP contribution >= 0.6 is 11.3 Å². The molecule has 2 aromatic rings. The molecule has 1 nitrogen and oxygen atoms in total. The Morgan fingerprint density at radius 3 is 2.76 bits per heavy atom. The summed E-state index contributed by atoms with van der Waals surface area (Å²) in [5.41, 5.74) is 1.75.